The van der Waals surface area contributed by atoms with E-state index >= 15 is 0 Å². The number of rotatable bonds is 5. The van der Waals surface area contributed by atoms with E-state index in [1.165, 1.54) is 11.1 Å². The predicted octanol–water partition coefficient (Wildman–Crippen LogP) is 1.11. The summed E-state index contributed by atoms with van der Waals surface area (Å²) in [7, 11) is 1.65. The van der Waals surface area contributed by atoms with Crippen LogP contribution < -0.4 is 16.6 Å². The van der Waals surface area contributed by atoms with Gasteiger partial charge in [0.05, 0.1) is 19.2 Å². The number of guanidine groups is 1. The summed E-state index contributed by atoms with van der Waals surface area (Å²) in [5, 5.41) is 3.22. The van der Waals surface area contributed by atoms with Crippen LogP contribution in [0.2, 0.25) is 0 Å². The summed E-state index contributed by atoms with van der Waals surface area (Å²) in [6.45, 7) is 5.28. The summed E-state index contributed by atoms with van der Waals surface area (Å²) in [5.41, 5.74) is 4.99. The lowest BCUT2D eigenvalue weighted by Gasteiger charge is -2.17. The minimum Gasteiger partial charge on any atom is -0.383 e. The molecule has 18 heavy (non-hydrogen) atoms. The van der Waals surface area contributed by atoms with Crippen LogP contribution in [0.5, 0.6) is 0 Å². The van der Waals surface area contributed by atoms with E-state index in [4.69, 9.17) is 10.6 Å². The molecule has 1 atom stereocenters. The average Bonchev–Trinajstić information content (AvgIpc) is 2.38. The van der Waals surface area contributed by atoms with E-state index in [1.54, 1.807) is 7.11 Å². The summed E-state index contributed by atoms with van der Waals surface area (Å²) < 4.78 is 4.94. The van der Waals surface area contributed by atoms with Gasteiger partial charge in [0.25, 0.3) is 0 Å². The SMILES string of the molecule is COCCN=C(NN)NC(C)c1ccc(C)cc1. The van der Waals surface area contributed by atoms with Gasteiger partial charge < -0.3 is 10.1 Å². The quantitative estimate of drug-likeness (QED) is 0.241. The number of hydrogen-bond acceptors (Lipinski definition) is 3. The van der Waals surface area contributed by atoms with Crippen LogP contribution in [0.15, 0.2) is 29.3 Å². The fraction of sp³-hybridized carbons (Fsp3) is 0.462. The van der Waals surface area contributed by atoms with Crippen LogP contribution in [0.3, 0.4) is 0 Å². The molecule has 0 saturated heterocycles. The largest absolute Gasteiger partial charge is 0.383 e. The Balaban J connectivity index is 2.58. The molecule has 1 aromatic rings. The van der Waals surface area contributed by atoms with Gasteiger partial charge in [0.1, 0.15) is 0 Å². The highest BCUT2D eigenvalue weighted by molar-refractivity contribution is 5.79. The van der Waals surface area contributed by atoms with E-state index in [9.17, 15) is 0 Å². The van der Waals surface area contributed by atoms with Crippen LogP contribution in [-0.4, -0.2) is 26.2 Å². The van der Waals surface area contributed by atoms with Crippen molar-refractivity contribution < 1.29 is 4.74 Å². The topological polar surface area (TPSA) is 71.7 Å². The molecule has 1 aromatic carbocycles. The molecule has 0 aliphatic carbocycles. The van der Waals surface area contributed by atoms with E-state index in [-0.39, 0.29) is 6.04 Å². The third-order valence-corrected chi connectivity index (χ3v) is 2.63. The van der Waals surface area contributed by atoms with Crippen LogP contribution in [0, 0.1) is 6.92 Å². The number of aryl methyl sites for hydroxylation is 1. The van der Waals surface area contributed by atoms with E-state index in [0.29, 0.717) is 19.1 Å². The monoisotopic (exact) mass is 250 g/mol. The first-order chi connectivity index (χ1) is 8.67. The van der Waals surface area contributed by atoms with Crippen LogP contribution in [0.25, 0.3) is 0 Å². The molecule has 0 fully saturated rings. The van der Waals surface area contributed by atoms with Crippen LogP contribution in [0.1, 0.15) is 24.1 Å². The average molecular weight is 250 g/mol. The van der Waals surface area contributed by atoms with Crippen molar-refractivity contribution in [1.82, 2.24) is 10.7 Å². The minimum absolute atomic E-state index is 0.142. The van der Waals surface area contributed by atoms with E-state index in [2.05, 4.69) is 53.8 Å². The maximum absolute atomic E-state index is 5.42. The molecule has 4 N–H and O–H groups in total. The minimum atomic E-state index is 0.142. The van der Waals surface area contributed by atoms with Crippen LogP contribution in [0.4, 0.5) is 0 Å². The second-order valence-electron chi connectivity index (χ2n) is 4.14. The Kier molecular flexibility index (Phi) is 6.18. The first kappa shape index (κ1) is 14.5. The molecule has 0 amide bonds. The van der Waals surface area contributed by atoms with Crippen molar-refractivity contribution >= 4 is 5.96 Å². The van der Waals surface area contributed by atoms with Gasteiger partial charge in [-0.3, -0.25) is 5.43 Å². The Hall–Kier alpha value is -1.59. The van der Waals surface area contributed by atoms with Gasteiger partial charge in [-0.1, -0.05) is 29.8 Å². The number of ether oxygens (including phenoxy) is 1. The Bertz CT molecular complexity index is 375. The second-order valence-corrected chi connectivity index (χ2v) is 4.14. The summed E-state index contributed by atoms with van der Waals surface area (Å²) in [4.78, 5) is 4.26. The fourth-order valence-corrected chi connectivity index (χ4v) is 1.53. The molecule has 0 aromatic heterocycles. The second kappa shape index (κ2) is 7.68. The van der Waals surface area contributed by atoms with Crippen molar-refractivity contribution in [3.63, 3.8) is 0 Å². The zero-order valence-electron chi connectivity index (χ0n) is 11.2. The number of benzene rings is 1. The lowest BCUT2D eigenvalue weighted by atomic mass is 10.1. The van der Waals surface area contributed by atoms with Crippen molar-refractivity contribution in [1.29, 1.82) is 0 Å². The van der Waals surface area contributed by atoms with Crippen molar-refractivity contribution in [3.8, 4) is 0 Å². The Morgan fingerprint density at radius 1 is 1.39 bits per heavy atom. The lowest BCUT2D eigenvalue weighted by molar-refractivity contribution is 0.208. The van der Waals surface area contributed by atoms with Gasteiger partial charge in [0, 0.05) is 7.11 Å². The molecular weight excluding hydrogens is 228 g/mol. The summed E-state index contributed by atoms with van der Waals surface area (Å²) >= 11 is 0. The maximum Gasteiger partial charge on any atom is 0.206 e. The molecule has 5 heteroatoms. The molecular formula is C13H22N4O. The molecule has 0 aliphatic heterocycles. The van der Waals surface area contributed by atoms with E-state index < -0.39 is 0 Å². The molecule has 0 radical (unpaired) electrons. The smallest absolute Gasteiger partial charge is 0.206 e. The standard InChI is InChI=1S/C13H22N4O/c1-10-4-6-12(7-5-10)11(2)16-13(17-14)15-8-9-18-3/h4-7,11H,8-9,14H2,1-3H3,(H2,15,16,17). The van der Waals surface area contributed by atoms with Gasteiger partial charge in [-0.15, -0.1) is 0 Å². The number of nitrogens with two attached hydrogens (primary N) is 1. The third kappa shape index (κ3) is 4.73. The molecule has 0 aliphatic rings. The fourth-order valence-electron chi connectivity index (χ4n) is 1.53. The summed E-state index contributed by atoms with van der Waals surface area (Å²) in [5.74, 6) is 5.99. The van der Waals surface area contributed by atoms with Gasteiger partial charge in [-0.05, 0) is 19.4 Å². The summed E-state index contributed by atoms with van der Waals surface area (Å²) in [6, 6.07) is 8.51. The zero-order chi connectivity index (χ0) is 13.4. The molecule has 5 nitrogen and oxygen atoms in total. The van der Waals surface area contributed by atoms with Gasteiger partial charge in [-0.25, -0.2) is 10.8 Å². The zero-order valence-corrected chi connectivity index (χ0v) is 11.2. The first-order valence-electron chi connectivity index (χ1n) is 6.00. The van der Waals surface area contributed by atoms with Gasteiger partial charge in [0.2, 0.25) is 5.96 Å². The van der Waals surface area contributed by atoms with Gasteiger partial charge in [-0.2, -0.15) is 0 Å². The number of hydrazine groups is 1. The van der Waals surface area contributed by atoms with Gasteiger partial charge >= 0.3 is 0 Å². The number of nitrogens with one attached hydrogen (secondary N) is 2. The Morgan fingerprint density at radius 2 is 2.06 bits per heavy atom. The van der Waals surface area contributed by atoms with Crippen molar-refractivity contribution in [3.05, 3.63) is 35.4 Å². The molecule has 0 spiro atoms. The molecule has 0 heterocycles. The summed E-state index contributed by atoms with van der Waals surface area (Å²) in [6.07, 6.45) is 0. The van der Waals surface area contributed by atoms with Crippen LogP contribution in [-0.2, 0) is 4.74 Å². The lowest BCUT2D eigenvalue weighted by Crippen LogP contribution is -2.42. The third-order valence-electron chi connectivity index (χ3n) is 2.63. The highest BCUT2D eigenvalue weighted by Gasteiger charge is 2.06. The van der Waals surface area contributed by atoms with Crippen LogP contribution >= 0.6 is 0 Å². The van der Waals surface area contributed by atoms with Crippen molar-refractivity contribution in [2.24, 2.45) is 10.8 Å². The normalized spacial score (nSPS) is 13.2. The number of aliphatic imine (C=N–C) groups is 1. The Labute approximate surface area is 108 Å². The van der Waals surface area contributed by atoms with Gasteiger partial charge in [0.15, 0.2) is 0 Å². The van der Waals surface area contributed by atoms with E-state index in [0.717, 1.165) is 0 Å². The van der Waals surface area contributed by atoms with Crippen molar-refractivity contribution in [2.45, 2.75) is 19.9 Å². The number of methoxy groups -OCH3 is 1. The predicted molar refractivity (Wildman–Crippen MR) is 74.2 cm³/mol. The first-order valence-corrected chi connectivity index (χ1v) is 6.00. The number of nitrogens with zero attached hydrogens (tertiary/aromatic N) is 1. The Morgan fingerprint density at radius 3 is 2.61 bits per heavy atom. The molecule has 1 rings (SSSR count). The number of hydrogen-bond donors (Lipinski definition) is 3. The van der Waals surface area contributed by atoms with Crippen molar-refractivity contribution in [2.75, 3.05) is 20.3 Å². The molecule has 0 bridgehead atoms. The molecule has 1 unspecified atom stereocenters. The maximum atomic E-state index is 5.42. The highest BCUT2D eigenvalue weighted by atomic mass is 16.5. The van der Waals surface area contributed by atoms with E-state index in [1.807, 2.05) is 0 Å². The highest BCUT2D eigenvalue weighted by Crippen LogP contribution is 2.12. The molecule has 100 valence electrons. The molecule has 0 saturated carbocycles.